The molecule has 0 aliphatic heterocycles. The molecule has 0 amide bonds. The Labute approximate surface area is 103 Å². The Morgan fingerprint density at radius 3 is 2.29 bits per heavy atom. The standard InChI is InChI=1S/C14H18O2Si/c1-9-12-8-10(16-2)6-7-11(12)13(15)14(9)17(3,4)5/h6-8H,1-5H3. The molecule has 0 atom stereocenters. The van der Waals surface area contributed by atoms with Gasteiger partial charge >= 0.3 is 0 Å². The highest BCUT2D eigenvalue weighted by atomic mass is 28.3. The van der Waals surface area contributed by atoms with Gasteiger partial charge in [-0.3, -0.25) is 4.79 Å². The summed E-state index contributed by atoms with van der Waals surface area (Å²) < 4.78 is 5.22. The number of fused-ring (bicyclic) bond motifs is 1. The summed E-state index contributed by atoms with van der Waals surface area (Å²) in [5.74, 6) is 1.03. The number of hydrogen-bond acceptors (Lipinski definition) is 2. The lowest BCUT2D eigenvalue weighted by Crippen LogP contribution is -2.28. The van der Waals surface area contributed by atoms with Crippen LogP contribution in [0, 0.1) is 0 Å². The Morgan fingerprint density at radius 2 is 1.76 bits per heavy atom. The Bertz CT molecular complexity index is 522. The number of benzene rings is 1. The van der Waals surface area contributed by atoms with E-state index in [4.69, 9.17) is 4.74 Å². The summed E-state index contributed by atoms with van der Waals surface area (Å²) in [5, 5.41) is 1.06. The fourth-order valence-electron chi connectivity index (χ4n) is 2.50. The molecular weight excluding hydrogens is 228 g/mol. The molecule has 0 saturated carbocycles. The third-order valence-corrected chi connectivity index (χ3v) is 5.33. The van der Waals surface area contributed by atoms with E-state index in [1.807, 2.05) is 18.2 Å². The van der Waals surface area contributed by atoms with Crippen molar-refractivity contribution in [2.24, 2.45) is 0 Å². The fraction of sp³-hybridized carbons (Fsp3) is 0.357. The van der Waals surface area contributed by atoms with Crippen LogP contribution < -0.4 is 4.74 Å². The molecule has 2 rings (SSSR count). The zero-order valence-corrected chi connectivity index (χ0v) is 12.0. The maximum Gasteiger partial charge on any atom is 0.185 e. The SMILES string of the molecule is COc1ccc2c(c1)C(C)=C([Si](C)(C)C)C2=O. The molecule has 0 heterocycles. The van der Waals surface area contributed by atoms with Crippen LogP contribution in [-0.2, 0) is 0 Å². The number of methoxy groups -OCH3 is 1. The molecule has 0 fully saturated rings. The van der Waals surface area contributed by atoms with Crippen LogP contribution in [0.5, 0.6) is 5.75 Å². The van der Waals surface area contributed by atoms with Crippen LogP contribution in [0.2, 0.25) is 19.6 Å². The van der Waals surface area contributed by atoms with Crippen LogP contribution in [0.25, 0.3) is 5.57 Å². The van der Waals surface area contributed by atoms with Gasteiger partial charge in [-0.1, -0.05) is 19.6 Å². The molecule has 0 spiro atoms. The molecule has 2 nitrogen and oxygen atoms in total. The van der Waals surface area contributed by atoms with Crippen molar-refractivity contribution in [3.05, 3.63) is 34.5 Å². The van der Waals surface area contributed by atoms with Gasteiger partial charge in [-0.2, -0.15) is 0 Å². The van der Waals surface area contributed by atoms with Crippen molar-refractivity contribution in [3.63, 3.8) is 0 Å². The largest absolute Gasteiger partial charge is 0.497 e. The zero-order chi connectivity index (χ0) is 12.8. The Morgan fingerprint density at radius 1 is 1.12 bits per heavy atom. The molecule has 1 aromatic rings. The van der Waals surface area contributed by atoms with Crippen LogP contribution in [-0.4, -0.2) is 21.0 Å². The van der Waals surface area contributed by atoms with E-state index in [9.17, 15) is 4.79 Å². The van der Waals surface area contributed by atoms with E-state index < -0.39 is 8.07 Å². The van der Waals surface area contributed by atoms with E-state index in [1.165, 1.54) is 0 Å². The van der Waals surface area contributed by atoms with Crippen LogP contribution in [0.15, 0.2) is 23.4 Å². The number of allylic oxidation sites excluding steroid dienone is 2. The van der Waals surface area contributed by atoms with Crippen molar-refractivity contribution in [2.45, 2.75) is 26.6 Å². The molecule has 0 bridgehead atoms. The Kier molecular flexibility index (Phi) is 2.74. The molecule has 1 aliphatic carbocycles. The summed E-state index contributed by atoms with van der Waals surface area (Å²) in [6.07, 6.45) is 0. The van der Waals surface area contributed by atoms with Gasteiger partial charge in [-0.25, -0.2) is 0 Å². The number of ketones is 1. The molecule has 90 valence electrons. The number of carbonyl (C=O) groups excluding carboxylic acids is 1. The zero-order valence-electron chi connectivity index (χ0n) is 11.0. The van der Waals surface area contributed by atoms with E-state index >= 15 is 0 Å². The molecule has 0 saturated heterocycles. The van der Waals surface area contributed by atoms with Gasteiger partial charge in [0.25, 0.3) is 0 Å². The number of ether oxygens (including phenoxy) is 1. The third kappa shape index (κ3) is 1.84. The average Bonchev–Trinajstić information content (AvgIpc) is 2.50. The van der Waals surface area contributed by atoms with Crippen molar-refractivity contribution in [1.29, 1.82) is 0 Å². The molecular formula is C14H18O2Si. The van der Waals surface area contributed by atoms with E-state index in [0.29, 0.717) is 0 Å². The van der Waals surface area contributed by atoms with Crippen LogP contribution in [0.4, 0.5) is 0 Å². The monoisotopic (exact) mass is 246 g/mol. The molecule has 0 unspecified atom stereocenters. The molecule has 0 radical (unpaired) electrons. The van der Waals surface area contributed by atoms with Crippen molar-refractivity contribution in [3.8, 4) is 5.75 Å². The van der Waals surface area contributed by atoms with E-state index in [-0.39, 0.29) is 5.78 Å². The molecule has 1 aromatic carbocycles. The summed E-state index contributed by atoms with van der Waals surface area (Å²) in [7, 11) is 0.0633. The summed E-state index contributed by atoms with van der Waals surface area (Å²) in [6, 6.07) is 5.71. The highest BCUT2D eigenvalue weighted by Crippen LogP contribution is 2.38. The maximum atomic E-state index is 12.4. The number of carbonyl (C=O) groups is 1. The minimum absolute atomic E-state index is 0.222. The van der Waals surface area contributed by atoms with Crippen LogP contribution >= 0.6 is 0 Å². The van der Waals surface area contributed by atoms with Gasteiger partial charge in [-0.15, -0.1) is 0 Å². The Balaban J connectivity index is 2.63. The van der Waals surface area contributed by atoms with Gasteiger partial charge < -0.3 is 4.74 Å². The number of hydrogen-bond donors (Lipinski definition) is 0. The van der Waals surface area contributed by atoms with E-state index in [0.717, 1.165) is 27.6 Å². The lowest BCUT2D eigenvalue weighted by atomic mass is 10.1. The quantitative estimate of drug-likeness (QED) is 0.746. The van der Waals surface area contributed by atoms with Gasteiger partial charge in [0.1, 0.15) is 5.75 Å². The number of rotatable bonds is 2. The highest BCUT2D eigenvalue weighted by molar-refractivity contribution is 6.89. The highest BCUT2D eigenvalue weighted by Gasteiger charge is 2.35. The predicted octanol–water partition coefficient (Wildman–Crippen LogP) is 3.54. The summed E-state index contributed by atoms with van der Waals surface area (Å²) in [4.78, 5) is 12.4. The molecule has 0 N–H and O–H groups in total. The predicted molar refractivity (Wildman–Crippen MR) is 73.3 cm³/mol. The van der Waals surface area contributed by atoms with Gasteiger partial charge in [0, 0.05) is 5.56 Å². The first-order chi connectivity index (χ1) is 7.86. The van der Waals surface area contributed by atoms with Crippen molar-refractivity contribution in [1.82, 2.24) is 0 Å². The van der Waals surface area contributed by atoms with Crippen molar-refractivity contribution in [2.75, 3.05) is 7.11 Å². The van der Waals surface area contributed by atoms with Crippen molar-refractivity contribution < 1.29 is 9.53 Å². The Hall–Kier alpha value is -1.35. The molecule has 1 aliphatic rings. The lowest BCUT2D eigenvalue weighted by Gasteiger charge is -2.17. The van der Waals surface area contributed by atoms with Gasteiger partial charge in [-0.05, 0) is 41.5 Å². The second kappa shape index (κ2) is 3.84. The van der Waals surface area contributed by atoms with Crippen LogP contribution in [0.3, 0.4) is 0 Å². The smallest absolute Gasteiger partial charge is 0.185 e. The second-order valence-electron chi connectivity index (χ2n) is 5.49. The molecule has 0 aromatic heterocycles. The summed E-state index contributed by atoms with van der Waals surface area (Å²) in [6.45, 7) is 8.70. The second-order valence-corrected chi connectivity index (χ2v) is 10.5. The molecule has 3 heteroatoms. The molecule has 17 heavy (non-hydrogen) atoms. The normalized spacial score (nSPS) is 15.2. The first kappa shape index (κ1) is 12.1. The van der Waals surface area contributed by atoms with Gasteiger partial charge in [0.05, 0.1) is 15.2 Å². The third-order valence-electron chi connectivity index (χ3n) is 3.23. The summed E-state index contributed by atoms with van der Waals surface area (Å²) >= 11 is 0. The van der Waals surface area contributed by atoms with E-state index in [1.54, 1.807) is 7.11 Å². The fourth-order valence-corrected chi connectivity index (χ4v) is 4.58. The number of Topliss-reactive ketones (excluding diaryl/α,β-unsaturated/α-hetero) is 1. The van der Waals surface area contributed by atoms with Gasteiger partial charge in [0.15, 0.2) is 5.78 Å². The first-order valence-electron chi connectivity index (χ1n) is 5.80. The summed E-state index contributed by atoms with van der Waals surface area (Å²) in [5.41, 5.74) is 3.02. The lowest BCUT2D eigenvalue weighted by molar-refractivity contribution is 0.104. The maximum absolute atomic E-state index is 12.4. The topological polar surface area (TPSA) is 26.3 Å². The minimum Gasteiger partial charge on any atom is -0.497 e. The average molecular weight is 246 g/mol. The van der Waals surface area contributed by atoms with Crippen molar-refractivity contribution >= 4 is 19.4 Å². The van der Waals surface area contributed by atoms with E-state index in [2.05, 4.69) is 26.6 Å². The minimum atomic E-state index is -1.59. The first-order valence-corrected chi connectivity index (χ1v) is 9.30. The van der Waals surface area contributed by atoms with Crippen LogP contribution in [0.1, 0.15) is 22.8 Å². The van der Waals surface area contributed by atoms with Gasteiger partial charge in [0.2, 0.25) is 0 Å².